The van der Waals surface area contributed by atoms with Gasteiger partial charge >= 0.3 is 5.97 Å². The average Bonchev–Trinajstić information content (AvgIpc) is 2.25. The van der Waals surface area contributed by atoms with E-state index in [2.05, 4.69) is 6.58 Å². The molecule has 0 bridgehead atoms. The Labute approximate surface area is 100 Å². The average molecular weight is 226 g/mol. The summed E-state index contributed by atoms with van der Waals surface area (Å²) in [4.78, 5) is 11.2. The summed E-state index contributed by atoms with van der Waals surface area (Å²) < 4.78 is 5.10. The van der Waals surface area contributed by atoms with Gasteiger partial charge < -0.3 is 4.74 Å². The van der Waals surface area contributed by atoms with Gasteiger partial charge in [0.15, 0.2) is 0 Å². The highest BCUT2D eigenvalue weighted by Crippen LogP contribution is 2.08. The molecule has 0 N–H and O–H groups in total. The number of carbonyl (C=O) groups is 1. The molecule has 0 radical (unpaired) electrons. The number of carbonyl (C=O) groups excluding carboxylic acids is 1. The maximum absolute atomic E-state index is 11.2. The van der Waals surface area contributed by atoms with Crippen LogP contribution in [0.4, 0.5) is 0 Å². The molecule has 0 rings (SSSR count). The minimum Gasteiger partial charge on any atom is -0.465 e. The van der Waals surface area contributed by atoms with Crippen LogP contribution in [0.2, 0.25) is 0 Å². The Morgan fingerprint density at radius 2 is 1.81 bits per heavy atom. The summed E-state index contributed by atoms with van der Waals surface area (Å²) in [5.74, 6) is 0.391. The van der Waals surface area contributed by atoms with Crippen molar-refractivity contribution in [2.75, 3.05) is 6.61 Å². The molecule has 0 aromatic rings. The first-order chi connectivity index (χ1) is 7.66. The number of rotatable bonds is 10. The zero-order valence-corrected chi connectivity index (χ0v) is 10.8. The van der Waals surface area contributed by atoms with Crippen LogP contribution in [0.15, 0.2) is 12.7 Å². The van der Waals surface area contributed by atoms with E-state index >= 15 is 0 Å². The summed E-state index contributed by atoms with van der Waals surface area (Å²) >= 11 is 0. The lowest BCUT2D eigenvalue weighted by atomic mass is 10.1. The van der Waals surface area contributed by atoms with Gasteiger partial charge in [-0.05, 0) is 25.2 Å². The first kappa shape index (κ1) is 15.2. The van der Waals surface area contributed by atoms with Crippen molar-refractivity contribution in [3.63, 3.8) is 0 Å². The molecule has 94 valence electrons. The van der Waals surface area contributed by atoms with E-state index in [1.54, 1.807) is 0 Å². The molecule has 2 heteroatoms. The second kappa shape index (κ2) is 10.7. The monoisotopic (exact) mass is 226 g/mol. The fraction of sp³-hybridized carbons (Fsp3) is 0.786. The summed E-state index contributed by atoms with van der Waals surface area (Å²) in [6.45, 7) is 8.34. The number of allylic oxidation sites excluding steroid dienone is 1. The quantitative estimate of drug-likeness (QED) is 0.318. The molecule has 0 unspecified atom stereocenters. The third kappa shape index (κ3) is 11.3. The molecule has 0 saturated heterocycles. The van der Waals surface area contributed by atoms with Crippen LogP contribution in [0.3, 0.4) is 0 Å². The Kier molecular flexibility index (Phi) is 10.2. The Bertz CT molecular complexity index is 185. The Balaban J connectivity index is 3.18. The zero-order valence-electron chi connectivity index (χ0n) is 10.8. The number of unbranched alkanes of at least 4 members (excludes halogenated alkanes) is 5. The lowest BCUT2D eigenvalue weighted by Crippen LogP contribution is -2.09. The van der Waals surface area contributed by atoms with Crippen molar-refractivity contribution in [2.45, 2.75) is 58.8 Å². The number of hydrogen-bond acceptors (Lipinski definition) is 2. The van der Waals surface area contributed by atoms with E-state index in [1.165, 1.54) is 19.3 Å². The smallest absolute Gasteiger partial charge is 0.305 e. The van der Waals surface area contributed by atoms with Crippen molar-refractivity contribution in [1.82, 2.24) is 0 Å². The van der Waals surface area contributed by atoms with E-state index in [0.29, 0.717) is 18.9 Å². The maximum Gasteiger partial charge on any atom is 0.305 e. The highest BCUT2D eigenvalue weighted by atomic mass is 16.5. The molecule has 0 amide bonds. The highest BCUT2D eigenvalue weighted by Gasteiger charge is 2.03. The van der Waals surface area contributed by atoms with Crippen LogP contribution in [0.1, 0.15) is 58.8 Å². The predicted molar refractivity (Wildman–Crippen MR) is 68.3 cm³/mol. The molecule has 0 aliphatic rings. The fourth-order valence-corrected chi connectivity index (χ4v) is 1.42. The van der Waals surface area contributed by atoms with Crippen molar-refractivity contribution < 1.29 is 9.53 Å². The van der Waals surface area contributed by atoms with Crippen molar-refractivity contribution >= 4 is 5.97 Å². The molecule has 2 nitrogen and oxygen atoms in total. The van der Waals surface area contributed by atoms with Gasteiger partial charge in [0.25, 0.3) is 0 Å². The molecule has 0 aromatic carbocycles. The lowest BCUT2D eigenvalue weighted by Gasteiger charge is -2.06. The van der Waals surface area contributed by atoms with E-state index in [4.69, 9.17) is 4.74 Å². The van der Waals surface area contributed by atoms with Gasteiger partial charge in [-0.25, -0.2) is 0 Å². The minimum atomic E-state index is -0.0419. The summed E-state index contributed by atoms with van der Waals surface area (Å²) in [7, 11) is 0. The minimum absolute atomic E-state index is 0.0419. The second-order valence-electron chi connectivity index (χ2n) is 4.67. The molecule has 0 atom stereocenters. The van der Waals surface area contributed by atoms with Crippen LogP contribution in [0.25, 0.3) is 0 Å². The van der Waals surface area contributed by atoms with E-state index in [0.717, 1.165) is 19.3 Å². The number of ether oxygens (including phenoxy) is 1. The van der Waals surface area contributed by atoms with Gasteiger partial charge in [-0.1, -0.05) is 39.2 Å². The lowest BCUT2D eigenvalue weighted by molar-refractivity contribution is -0.144. The highest BCUT2D eigenvalue weighted by molar-refractivity contribution is 5.69. The molecule has 0 aliphatic heterocycles. The summed E-state index contributed by atoms with van der Waals surface area (Å²) in [6, 6.07) is 0. The first-order valence-electron chi connectivity index (χ1n) is 6.43. The largest absolute Gasteiger partial charge is 0.465 e. The Morgan fingerprint density at radius 3 is 2.44 bits per heavy atom. The Morgan fingerprint density at radius 1 is 1.19 bits per heavy atom. The van der Waals surface area contributed by atoms with Crippen molar-refractivity contribution in [2.24, 2.45) is 5.92 Å². The van der Waals surface area contributed by atoms with E-state index in [-0.39, 0.29) is 5.97 Å². The molecule has 0 aromatic heterocycles. The maximum atomic E-state index is 11.2. The molecule has 0 fully saturated rings. The van der Waals surface area contributed by atoms with Gasteiger partial charge in [0.05, 0.1) is 6.61 Å². The van der Waals surface area contributed by atoms with E-state index < -0.39 is 0 Å². The third-order valence-electron chi connectivity index (χ3n) is 2.37. The second-order valence-corrected chi connectivity index (χ2v) is 4.67. The SMILES string of the molecule is C=CCCCCCCCC(=O)OCC(C)C. The third-order valence-corrected chi connectivity index (χ3v) is 2.37. The zero-order chi connectivity index (χ0) is 12.2. The van der Waals surface area contributed by atoms with E-state index in [9.17, 15) is 4.79 Å². The summed E-state index contributed by atoms with van der Waals surface area (Å²) in [5.41, 5.74) is 0. The van der Waals surface area contributed by atoms with Gasteiger partial charge in [0, 0.05) is 6.42 Å². The Hall–Kier alpha value is -0.790. The summed E-state index contributed by atoms with van der Waals surface area (Å²) in [5, 5.41) is 0. The molecular formula is C14H26O2. The molecule has 0 saturated carbocycles. The molecule has 0 spiro atoms. The van der Waals surface area contributed by atoms with Crippen LogP contribution in [0.5, 0.6) is 0 Å². The van der Waals surface area contributed by atoms with E-state index in [1.807, 2.05) is 19.9 Å². The predicted octanol–water partition coefficient (Wildman–Crippen LogP) is 4.10. The molecule has 16 heavy (non-hydrogen) atoms. The standard InChI is InChI=1S/C14H26O2/c1-4-5-6-7-8-9-10-11-14(15)16-12-13(2)3/h4,13H,1,5-12H2,2-3H3. The first-order valence-corrected chi connectivity index (χ1v) is 6.43. The van der Waals surface area contributed by atoms with Gasteiger partial charge in [-0.3, -0.25) is 4.79 Å². The van der Waals surface area contributed by atoms with Crippen LogP contribution in [0, 0.1) is 5.92 Å². The van der Waals surface area contributed by atoms with Crippen molar-refractivity contribution in [1.29, 1.82) is 0 Å². The molecular weight excluding hydrogens is 200 g/mol. The van der Waals surface area contributed by atoms with Crippen LogP contribution in [-0.2, 0) is 9.53 Å². The number of hydrogen-bond donors (Lipinski definition) is 0. The van der Waals surface area contributed by atoms with Gasteiger partial charge in [0.2, 0.25) is 0 Å². The molecule has 0 heterocycles. The molecule has 0 aliphatic carbocycles. The summed E-state index contributed by atoms with van der Waals surface area (Å²) in [6.07, 6.45) is 9.42. The van der Waals surface area contributed by atoms with Crippen molar-refractivity contribution in [3.8, 4) is 0 Å². The van der Waals surface area contributed by atoms with Gasteiger partial charge in [-0.2, -0.15) is 0 Å². The van der Waals surface area contributed by atoms with Crippen LogP contribution >= 0.6 is 0 Å². The van der Waals surface area contributed by atoms with Gasteiger partial charge in [-0.15, -0.1) is 6.58 Å². The van der Waals surface area contributed by atoms with Gasteiger partial charge in [0.1, 0.15) is 0 Å². The fourth-order valence-electron chi connectivity index (χ4n) is 1.42. The van der Waals surface area contributed by atoms with Crippen LogP contribution < -0.4 is 0 Å². The van der Waals surface area contributed by atoms with Crippen molar-refractivity contribution in [3.05, 3.63) is 12.7 Å². The normalized spacial score (nSPS) is 10.4. The van der Waals surface area contributed by atoms with Crippen LogP contribution in [-0.4, -0.2) is 12.6 Å². The number of esters is 1. The topological polar surface area (TPSA) is 26.3 Å².